The lowest BCUT2D eigenvalue weighted by atomic mass is 9.91. The van der Waals surface area contributed by atoms with Crippen LogP contribution in [-0.2, 0) is 30.5 Å². The molecule has 0 amide bonds. The van der Waals surface area contributed by atoms with Crippen LogP contribution >= 0.6 is 0 Å². The molecule has 0 atom stereocenters. The second kappa shape index (κ2) is 10.7. The van der Waals surface area contributed by atoms with Crippen molar-refractivity contribution in [1.29, 1.82) is 0 Å². The van der Waals surface area contributed by atoms with Crippen LogP contribution in [0, 0.1) is 0 Å². The van der Waals surface area contributed by atoms with Gasteiger partial charge in [0.25, 0.3) is 0 Å². The van der Waals surface area contributed by atoms with Crippen molar-refractivity contribution in [2.75, 3.05) is 26.2 Å². The number of nitrogens with one attached hydrogen (secondary N) is 4. The number of hydrogen-bond donors (Lipinski definition) is 9. The number of carbonyl (C=O) groups is 4. The van der Waals surface area contributed by atoms with Crippen molar-refractivity contribution < 1.29 is 44.7 Å². The third-order valence-corrected chi connectivity index (χ3v) is 4.49. The normalized spacial score (nSPS) is 11.8. The molecule has 0 radical (unpaired) electrons. The molecule has 0 aliphatic heterocycles. The maximum Gasteiger partial charge on any atom is 0.317 e. The summed E-state index contributed by atoms with van der Waals surface area (Å²) in [6.07, 6.45) is 0. The van der Waals surface area contributed by atoms with Gasteiger partial charge in [0.1, 0.15) is 5.75 Å². The molecular formula is C18H26N4O9. The van der Waals surface area contributed by atoms with Gasteiger partial charge in [-0.3, -0.25) is 40.4 Å². The Morgan fingerprint density at radius 1 is 0.677 bits per heavy atom. The van der Waals surface area contributed by atoms with E-state index < -0.39 is 67.1 Å². The third kappa shape index (κ3) is 7.49. The summed E-state index contributed by atoms with van der Waals surface area (Å²) in [4.78, 5) is 44.1. The molecule has 9 N–H and O–H groups in total. The molecule has 31 heavy (non-hydrogen) atoms. The number of phenols is 1. The topological polar surface area (TPSA) is 218 Å². The molecule has 13 nitrogen and oxygen atoms in total. The number of aliphatic carboxylic acids is 4. The number of hydrogen-bond acceptors (Lipinski definition) is 9. The summed E-state index contributed by atoms with van der Waals surface area (Å²) in [6.45, 7) is 0.559. The molecule has 1 rings (SSSR count). The lowest BCUT2D eigenvalue weighted by Crippen LogP contribution is -2.56. The quantitative estimate of drug-likeness (QED) is 0.149. The predicted octanol–water partition coefficient (Wildman–Crippen LogP) is -1.57. The highest BCUT2D eigenvalue weighted by Crippen LogP contribution is 2.35. The van der Waals surface area contributed by atoms with Crippen LogP contribution in [-0.4, -0.2) is 75.6 Å². The van der Waals surface area contributed by atoms with Gasteiger partial charge in [-0.2, -0.15) is 0 Å². The van der Waals surface area contributed by atoms with Gasteiger partial charge in [-0.1, -0.05) is 18.2 Å². The molecule has 13 heteroatoms. The van der Waals surface area contributed by atoms with Crippen LogP contribution in [0.1, 0.15) is 25.0 Å². The zero-order valence-electron chi connectivity index (χ0n) is 16.9. The van der Waals surface area contributed by atoms with Gasteiger partial charge in [0.15, 0.2) is 0 Å². The minimum absolute atomic E-state index is 0.0629. The fourth-order valence-corrected chi connectivity index (χ4v) is 2.87. The predicted molar refractivity (Wildman–Crippen MR) is 105 cm³/mol. The van der Waals surface area contributed by atoms with Gasteiger partial charge in [0, 0.05) is 11.1 Å². The van der Waals surface area contributed by atoms with Gasteiger partial charge in [0.05, 0.1) is 37.5 Å². The summed E-state index contributed by atoms with van der Waals surface area (Å²) in [5.41, 5.74) is -2.91. The SMILES string of the molecule is CC(NCC(=O)O)(NCC(=O)O)c1cccc(C(C)(NCC(=O)O)NCC(=O)O)c1O. The van der Waals surface area contributed by atoms with Crippen molar-refractivity contribution in [2.24, 2.45) is 0 Å². The molecule has 0 unspecified atom stereocenters. The highest BCUT2D eigenvalue weighted by Gasteiger charge is 2.36. The van der Waals surface area contributed by atoms with Gasteiger partial charge in [0.2, 0.25) is 0 Å². The van der Waals surface area contributed by atoms with E-state index in [1.807, 2.05) is 0 Å². The molecular weight excluding hydrogens is 416 g/mol. The first kappa shape index (κ1) is 25.8. The molecule has 0 heterocycles. The summed E-state index contributed by atoms with van der Waals surface area (Å²) in [6, 6.07) is 4.30. The van der Waals surface area contributed by atoms with Crippen LogP contribution in [0.15, 0.2) is 18.2 Å². The summed E-state index contributed by atoms with van der Waals surface area (Å²) in [7, 11) is 0. The van der Waals surface area contributed by atoms with Crippen molar-refractivity contribution in [3.05, 3.63) is 29.3 Å². The minimum Gasteiger partial charge on any atom is -0.507 e. The van der Waals surface area contributed by atoms with E-state index in [1.165, 1.54) is 32.0 Å². The first-order valence-corrected chi connectivity index (χ1v) is 9.01. The molecule has 0 bridgehead atoms. The van der Waals surface area contributed by atoms with Crippen molar-refractivity contribution in [1.82, 2.24) is 21.3 Å². The average molecular weight is 442 g/mol. The Bertz CT molecular complexity index is 743. The Morgan fingerprint density at radius 2 is 0.935 bits per heavy atom. The number of carboxylic acids is 4. The van der Waals surface area contributed by atoms with Crippen molar-refractivity contribution >= 4 is 23.9 Å². The Labute approximate surface area is 177 Å². The van der Waals surface area contributed by atoms with E-state index in [-0.39, 0.29) is 11.1 Å². The molecule has 0 saturated heterocycles. The number of carboxylic acid groups (broad SMARTS) is 4. The fourth-order valence-electron chi connectivity index (χ4n) is 2.87. The Kier molecular flexibility index (Phi) is 8.88. The van der Waals surface area contributed by atoms with Crippen LogP contribution in [0.25, 0.3) is 0 Å². The lowest BCUT2D eigenvalue weighted by molar-refractivity contribution is -0.138. The first-order valence-electron chi connectivity index (χ1n) is 9.01. The number of benzene rings is 1. The largest absolute Gasteiger partial charge is 0.507 e. The van der Waals surface area contributed by atoms with Crippen molar-refractivity contribution in [3.63, 3.8) is 0 Å². The maximum absolute atomic E-state index is 11.0. The minimum atomic E-state index is -1.52. The van der Waals surface area contributed by atoms with Gasteiger partial charge in [-0.15, -0.1) is 0 Å². The van der Waals surface area contributed by atoms with E-state index in [4.69, 9.17) is 20.4 Å². The maximum atomic E-state index is 11.0. The molecule has 172 valence electrons. The number of rotatable bonds is 14. The van der Waals surface area contributed by atoms with E-state index in [9.17, 15) is 24.3 Å². The van der Waals surface area contributed by atoms with Crippen LogP contribution in [0.2, 0.25) is 0 Å². The van der Waals surface area contributed by atoms with Crippen molar-refractivity contribution in [3.8, 4) is 5.75 Å². The van der Waals surface area contributed by atoms with Gasteiger partial charge in [-0.25, -0.2) is 0 Å². The smallest absolute Gasteiger partial charge is 0.317 e. The molecule has 0 aromatic heterocycles. The van der Waals surface area contributed by atoms with Crippen LogP contribution < -0.4 is 21.3 Å². The van der Waals surface area contributed by atoms with E-state index >= 15 is 0 Å². The molecule has 0 spiro atoms. The van der Waals surface area contributed by atoms with Crippen LogP contribution in [0.4, 0.5) is 0 Å². The molecule has 1 aromatic carbocycles. The Morgan fingerprint density at radius 3 is 1.16 bits per heavy atom. The van der Waals surface area contributed by atoms with Crippen molar-refractivity contribution in [2.45, 2.75) is 25.2 Å². The third-order valence-electron chi connectivity index (χ3n) is 4.49. The highest BCUT2D eigenvalue weighted by atomic mass is 16.4. The molecule has 0 fully saturated rings. The standard InChI is InChI=1S/C18H26N4O9/c1-17(19-6-12(23)24,20-7-13(25)26)10-4-3-5-11(16(10)31)18(2,21-8-14(27)28)22-9-15(29)30/h3-5,19-22,31H,6-9H2,1-2H3,(H,23,24)(H,25,26)(H,27,28)(H,29,30). The van der Waals surface area contributed by atoms with Crippen LogP contribution in [0.5, 0.6) is 5.75 Å². The number of para-hydroxylation sites is 1. The van der Waals surface area contributed by atoms with E-state index in [2.05, 4.69) is 21.3 Å². The zero-order valence-corrected chi connectivity index (χ0v) is 16.9. The van der Waals surface area contributed by atoms with E-state index in [0.717, 1.165) is 0 Å². The zero-order chi connectivity index (χ0) is 23.8. The van der Waals surface area contributed by atoms with E-state index in [0.29, 0.717) is 0 Å². The highest BCUT2D eigenvalue weighted by molar-refractivity contribution is 5.71. The second-order valence-electron chi connectivity index (χ2n) is 6.94. The summed E-state index contributed by atoms with van der Waals surface area (Å²) in [5, 5.41) is 57.5. The van der Waals surface area contributed by atoms with Gasteiger partial charge < -0.3 is 25.5 Å². The number of aromatic hydroxyl groups is 1. The monoisotopic (exact) mass is 442 g/mol. The summed E-state index contributed by atoms with van der Waals surface area (Å²) in [5.74, 6) is -5.34. The van der Waals surface area contributed by atoms with Gasteiger partial charge >= 0.3 is 23.9 Å². The molecule has 0 aliphatic carbocycles. The fraction of sp³-hybridized carbons (Fsp3) is 0.444. The van der Waals surface area contributed by atoms with Gasteiger partial charge in [-0.05, 0) is 13.8 Å². The molecule has 1 aromatic rings. The average Bonchev–Trinajstić information content (AvgIpc) is 2.67. The van der Waals surface area contributed by atoms with Crippen LogP contribution in [0.3, 0.4) is 0 Å². The summed E-state index contributed by atoms with van der Waals surface area (Å²) < 4.78 is 0. The second-order valence-corrected chi connectivity index (χ2v) is 6.94. The molecule has 0 saturated carbocycles. The number of phenolic OH excluding ortho intramolecular Hbond substituents is 1. The Balaban J connectivity index is 3.48. The summed E-state index contributed by atoms with van der Waals surface area (Å²) >= 11 is 0. The first-order chi connectivity index (χ1) is 14.3. The molecule has 0 aliphatic rings. The lowest BCUT2D eigenvalue weighted by Gasteiger charge is -2.36. The Hall–Kier alpha value is -3.26. The van der Waals surface area contributed by atoms with E-state index in [1.54, 1.807) is 0 Å².